The Morgan fingerprint density at radius 2 is 1.88 bits per heavy atom. The molecule has 1 aliphatic heterocycles. The van der Waals surface area contributed by atoms with Gasteiger partial charge in [0.15, 0.2) is 0 Å². The molecule has 0 radical (unpaired) electrons. The average molecular weight is 351 g/mol. The first-order chi connectivity index (χ1) is 11.6. The van der Waals surface area contributed by atoms with Gasteiger partial charge in [-0.15, -0.1) is 0 Å². The van der Waals surface area contributed by atoms with E-state index in [1.807, 2.05) is 0 Å². The van der Waals surface area contributed by atoms with Gasteiger partial charge in [-0.05, 0) is 44.8 Å². The van der Waals surface area contributed by atoms with E-state index in [4.69, 9.17) is 17.3 Å². The molecule has 2 aliphatic rings. The maximum Gasteiger partial charge on any atom is 0.250 e. The van der Waals surface area contributed by atoms with Crippen molar-refractivity contribution in [2.45, 2.75) is 56.9 Å². The Labute approximate surface area is 148 Å². The summed E-state index contributed by atoms with van der Waals surface area (Å²) in [6.45, 7) is 3.25. The van der Waals surface area contributed by atoms with Crippen LogP contribution in [0.4, 0.5) is 5.82 Å². The second kappa shape index (κ2) is 7.70. The lowest BCUT2D eigenvalue weighted by Crippen LogP contribution is -2.56. The highest BCUT2D eigenvalue weighted by atomic mass is 35.5. The van der Waals surface area contributed by atoms with Crippen LogP contribution >= 0.6 is 11.6 Å². The van der Waals surface area contributed by atoms with Crippen LogP contribution < -0.4 is 11.1 Å². The number of aromatic nitrogens is 1. The van der Waals surface area contributed by atoms with E-state index < -0.39 is 5.91 Å². The van der Waals surface area contributed by atoms with Crippen molar-refractivity contribution in [1.29, 1.82) is 0 Å². The van der Waals surface area contributed by atoms with Crippen LogP contribution in [0.1, 0.15) is 61.7 Å². The zero-order chi connectivity index (χ0) is 17.0. The van der Waals surface area contributed by atoms with Crippen molar-refractivity contribution in [3.8, 4) is 0 Å². The van der Waals surface area contributed by atoms with Gasteiger partial charge < -0.3 is 11.1 Å². The topological polar surface area (TPSA) is 71.2 Å². The molecule has 0 spiro atoms. The first-order valence-electron chi connectivity index (χ1n) is 9.05. The van der Waals surface area contributed by atoms with Crippen molar-refractivity contribution in [1.82, 2.24) is 9.88 Å². The predicted molar refractivity (Wildman–Crippen MR) is 97.5 cm³/mol. The van der Waals surface area contributed by atoms with Crippen molar-refractivity contribution in [3.05, 3.63) is 22.8 Å². The smallest absolute Gasteiger partial charge is 0.250 e. The molecule has 1 saturated carbocycles. The average Bonchev–Trinajstić information content (AvgIpc) is 2.62. The number of primary amides is 1. The Morgan fingerprint density at radius 1 is 1.21 bits per heavy atom. The van der Waals surface area contributed by atoms with E-state index in [0.717, 1.165) is 6.54 Å². The Hall–Kier alpha value is -1.33. The number of nitrogens with zero attached hydrogens (tertiary/aromatic N) is 2. The number of halogens is 1. The lowest BCUT2D eigenvalue weighted by atomic mass is 9.79. The summed E-state index contributed by atoms with van der Waals surface area (Å²) in [5.41, 5.74) is 5.83. The van der Waals surface area contributed by atoms with E-state index in [0.29, 0.717) is 16.4 Å². The third-order valence-corrected chi connectivity index (χ3v) is 5.81. The van der Waals surface area contributed by atoms with Crippen molar-refractivity contribution < 1.29 is 4.79 Å². The van der Waals surface area contributed by atoms with Crippen LogP contribution in [0.2, 0.25) is 5.02 Å². The summed E-state index contributed by atoms with van der Waals surface area (Å²) >= 11 is 6.28. The highest BCUT2D eigenvalue weighted by molar-refractivity contribution is 6.33. The fourth-order valence-corrected chi connectivity index (χ4v) is 4.37. The minimum atomic E-state index is -0.506. The van der Waals surface area contributed by atoms with Gasteiger partial charge in [0.25, 0.3) is 0 Å². The molecule has 2 heterocycles. The molecule has 24 heavy (non-hydrogen) atoms. The van der Waals surface area contributed by atoms with Gasteiger partial charge in [-0.1, -0.05) is 37.3 Å². The molecular weight excluding hydrogens is 324 g/mol. The first-order valence-corrected chi connectivity index (χ1v) is 9.43. The van der Waals surface area contributed by atoms with Crippen LogP contribution in [0.3, 0.4) is 0 Å². The minimum Gasteiger partial charge on any atom is -0.367 e. The van der Waals surface area contributed by atoms with Crippen molar-refractivity contribution in [2.24, 2.45) is 5.73 Å². The quantitative estimate of drug-likeness (QED) is 0.853. The molecular formula is C18H27ClN4O. The van der Waals surface area contributed by atoms with Crippen molar-refractivity contribution in [3.63, 3.8) is 0 Å². The van der Waals surface area contributed by atoms with E-state index in [2.05, 4.69) is 15.2 Å². The van der Waals surface area contributed by atoms with Crippen LogP contribution in [0.25, 0.3) is 0 Å². The molecule has 6 heteroatoms. The molecule has 1 amide bonds. The van der Waals surface area contributed by atoms with Gasteiger partial charge in [-0.25, -0.2) is 4.98 Å². The molecule has 0 atom stereocenters. The van der Waals surface area contributed by atoms with Gasteiger partial charge in [0, 0.05) is 18.3 Å². The Morgan fingerprint density at radius 3 is 2.50 bits per heavy atom. The minimum absolute atomic E-state index is 0.214. The van der Waals surface area contributed by atoms with E-state index in [1.165, 1.54) is 70.7 Å². The van der Waals surface area contributed by atoms with Crippen LogP contribution in [-0.2, 0) is 0 Å². The maximum atomic E-state index is 11.2. The van der Waals surface area contributed by atoms with E-state index in [-0.39, 0.29) is 5.54 Å². The lowest BCUT2D eigenvalue weighted by molar-refractivity contribution is 0.0437. The molecule has 1 aromatic heterocycles. The number of nitrogens with one attached hydrogen (secondary N) is 1. The van der Waals surface area contributed by atoms with Gasteiger partial charge in [-0.2, -0.15) is 0 Å². The van der Waals surface area contributed by atoms with Gasteiger partial charge >= 0.3 is 0 Å². The molecule has 3 N–H and O–H groups in total. The number of likely N-dealkylation sites (tertiary alicyclic amines) is 1. The highest BCUT2D eigenvalue weighted by Gasteiger charge is 2.38. The van der Waals surface area contributed by atoms with Gasteiger partial charge in [0.1, 0.15) is 5.82 Å². The number of rotatable bonds is 5. The molecule has 0 bridgehead atoms. The third-order valence-electron chi connectivity index (χ3n) is 5.52. The third kappa shape index (κ3) is 3.83. The van der Waals surface area contributed by atoms with Gasteiger partial charge in [-0.3, -0.25) is 9.69 Å². The van der Waals surface area contributed by atoms with Crippen LogP contribution in [-0.4, -0.2) is 41.0 Å². The molecule has 2 fully saturated rings. The molecule has 5 nitrogen and oxygen atoms in total. The lowest BCUT2D eigenvalue weighted by Gasteiger charge is -2.48. The zero-order valence-electron chi connectivity index (χ0n) is 14.2. The molecule has 132 valence electrons. The van der Waals surface area contributed by atoms with Crippen molar-refractivity contribution in [2.75, 3.05) is 25.0 Å². The largest absolute Gasteiger partial charge is 0.367 e. The molecule has 1 aliphatic carbocycles. The second-order valence-electron chi connectivity index (χ2n) is 7.10. The molecule has 1 aromatic rings. The Balaban J connectivity index is 1.72. The fraction of sp³-hybridized carbons (Fsp3) is 0.667. The normalized spacial score (nSPS) is 21.4. The summed E-state index contributed by atoms with van der Waals surface area (Å²) in [5, 5.41) is 3.90. The predicted octanol–water partition coefficient (Wildman–Crippen LogP) is 3.43. The van der Waals surface area contributed by atoms with E-state index in [9.17, 15) is 4.79 Å². The number of anilines is 1. The summed E-state index contributed by atoms with van der Waals surface area (Å²) in [7, 11) is 0. The van der Waals surface area contributed by atoms with Gasteiger partial charge in [0.05, 0.1) is 10.6 Å². The Bertz CT molecular complexity index is 580. The highest BCUT2D eigenvalue weighted by Crippen LogP contribution is 2.36. The summed E-state index contributed by atoms with van der Waals surface area (Å²) in [6, 6.07) is 1.59. The number of hydrogen-bond donors (Lipinski definition) is 2. The van der Waals surface area contributed by atoms with Crippen molar-refractivity contribution >= 4 is 23.3 Å². The number of piperidine rings is 1. The monoisotopic (exact) mass is 350 g/mol. The van der Waals surface area contributed by atoms with E-state index >= 15 is 0 Å². The summed E-state index contributed by atoms with van der Waals surface area (Å²) in [5.74, 6) is 0.136. The summed E-state index contributed by atoms with van der Waals surface area (Å²) < 4.78 is 0. The Kier molecular flexibility index (Phi) is 5.61. The number of pyridine rings is 1. The van der Waals surface area contributed by atoms with E-state index in [1.54, 1.807) is 6.07 Å². The SMILES string of the molecule is NC(=O)c1cnc(NCC2(N3CCCCC3)CCCCC2)c(Cl)c1. The number of hydrogen-bond acceptors (Lipinski definition) is 4. The fourth-order valence-electron chi connectivity index (χ4n) is 4.13. The molecule has 3 rings (SSSR count). The van der Waals surface area contributed by atoms with Crippen LogP contribution in [0.15, 0.2) is 12.3 Å². The molecule has 0 aromatic carbocycles. The second-order valence-corrected chi connectivity index (χ2v) is 7.51. The summed E-state index contributed by atoms with van der Waals surface area (Å²) in [6.07, 6.45) is 11.8. The molecule has 1 saturated heterocycles. The van der Waals surface area contributed by atoms with Crippen LogP contribution in [0, 0.1) is 0 Å². The van der Waals surface area contributed by atoms with Gasteiger partial charge in [0.2, 0.25) is 5.91 Å². The number of amides is 1. The summed E-state index contributed by atoms with van der Waals surface area (Å²) in [4.78, 5) is 18.2. The number of nitrogens with two attached hydrogens (primary N) is 1. The maximum absolute atomic E-state index is 11.2. The first kappa shape index (κ1) is 17.5. The zero-order valence-corrected chi connectivity index (χ0v) is 14.9. The number of carbonyl (C=O) groups is 1. The van der Waals surface area contributed by atoms with Crippen LogP contribution in [0.5, 0.6) is 0 Å². The molecule has 0 unspecified atom stereocenters. The standard InChI is InChI=1S/C18H27ClN4O/c19-15-11-14(16(20)24)12-21-17(15)22-13-18(7-3-1-4-8-18)23-9-5-2-6-10-23/h11-12H,1-10,13H2,(H2,20,24)(H,21,22). The number of carbonyl (C=O) groups excluding carboxylic acids is 1.